The average Bonchev–Trinajstić information content (AvgIpc) is 3.27. The third kappa shape index (κ3) is 5.16. The number of nitrogens with zero attached hydrogens (tertiary/aromatic N) is 2. The number of thiophene rings is 1. The van der Waals surface area contributed by atoms with Gasteiger partial charge in [0.05, 0.1) is 17.0 Å². The lowest BCUT2D eigenvalue weighted by Gasteiger charge is -2.36. The SMILES string of the molecule is COc1ccc(N2CCN(C(=O)c3ccc(NC(=O)Nc4ccccc4)s3)CC2)cc1. The van der Waals surface area contributed by atoms with Crippen molar-refractivity contribution >= 4 is 39.7 Å². The van der Waals surface area contributed by atoms with Crippen LogP contribution in [0, 0.1) is 0 Å². The lowest BCUT2D eigenvalue weighted by atomic mass is 10.2. The second-order valence-corrected chi connectivity index (χ2v) is 8.17. The monoisotopic (exact) mass is 436 g/mol. The normalized spacial score (nSPS) is 13.6. The number of hydrogen-bond acceptors (Lipinski definition) is 5. The molecule has 160 valence electrons. The van der Waals surface area contributed by atoms with Gasteiger partial charge in [-0.25, -0.2) is 4.79 Å². The van der Waals surface area contributed by atoms with Crippen LogP contribution in [0.2, 0.25) is 0 Å². The van der Waals surface area contributed by atoms with Gasteiger partial charge < -0.3 is 19.9 Å². The highest BCUT2D eigenvalue weighted by Gasteiger charge is 2.23. The molecule has 0 atom stereocenters. The largest absolute Gasteiger partial charge is 0.497 e. The Morgan fingerprint density at radius 1 is 0.871 bits per heavy atom. The van der Waals surface area contributed by atoms with E-state index in [0.717, 1.165) is 24.5 Å². The molecule has 1 aromatic heterocycles. The Morgan fingerprint density at radius 3 is 2.26 bits per heavy atom. The van der Waals surface area contributed by atoms with Crippen LogP contribution in [0.5, 0.6) is 5.75 Å². The van der Waals surface area contributed by atoms with Gasteiger partial charge in [-0.3, -0.25) is 10.1 Å². The molecule has 1 aliphatic heterocycles. The van der Waals surface area contributed by atoms with E-state index in [1.807, 2.05) is 59.5 Å². The Labute approximate surface area is 185 Å². The molecule has 0 aliphatic carbocycles. The molecule has 1 saturated heterocycles. The summed E-state index contributed by atoms with van der Waals surface area (Å²) in [6, 6.07) is 20.4. The van der Waals surface area contributed by atoms with Crippen LogP contribution in [-0.4, -0.2) is 50.1 Å². The van der Waals surface area contributed by atoms with Gasteiger partial charge >= 0.3 is 6.03 Å². The van der Waals surface area contributed by atoms with Crippen LogP contribution in [0.4, 0.5) is 21.2 Å². The average molecular weight is 437 g/mol. The maximum atomic E-state index is 12.9. The standard InChI is InChI=1S/C23H24N4O3S/c1-30-19-9-7-18(8-10-19)26-13-15-27(16-14-26)22(28)20-11-12-21(31-20)25-23(29)24-17-5-3-2-4-6-17/h2-12H,13-16H2,1H3,(H2,24,25,29). The molecule has 8 heteroatoms. The molecule has 0 bridgehead atoms. The predicted octanol–water partition coefficient (Wildman–Crippen LogP) is 4.36. The molecule has 1 fully saturated rings. The quantitative estimate of drug-likeness (QED) is 0.623. The van der Waals surface area contributed by atoms with Crippen LogP contribution in [-0.2, 0) is 0 Å². The Morgan fingerprint density at radius 2 is 1.58 bits per heavy atom. The van der Waals surface area contributed by atoms with Gasteiger partial charge in [-0.2, -0.15) is 0 Å². The van der Waals surface area contributed by atoms with E-state index < -0.39 is 0 Å². The van der Waals surface area contributed by atoms with Gasteiger partial charge in [0.25, 0.3) is 5.91 Å². The van der Waals surface area contributed by atoms with Crippen molar-refractivity contribution in [1.29, 1.82) is 0 Å². The van der Waals surface area contributed by atoms with Crippen molar-refractivity contribution in [1.82, 2.24) is 4.90 Å². The van der Waals surface area contributed by atoms with Crippen LogP contribution < -0.4 is 20.3 Å². The summed E-state index contributed by atoms with van der Waals surface area (Å²) in [5.74, 6) is 0.827. The molecular weight excluding hydrogens is 412 g/mol. The first-order chi connectivity index (χ1) is 15.1. The number of anilines is 3. The summed E-state index contributed by atoms with van der Waals surface area (Å²) in [5, 5.41) is 6.19. The summed E-state index contributed by atoms with van der Waals surface area (Å²) in [6.07, 6.45) is 0. The Bertz CT molecular complexity index is 1030. The lowest BCUT2D eigenvalue weighted by molar-refractivity contribution is 0.0751. The zero-order valence-corrected chi connectivity index (χ0v) is 18.0. The van der Waals surface area contributed by atoms with Crippen LogP contribution >= 0.6 is 11.3 Å². The van der Waals surface area contributed by atoms with Crippen LogP contribution in [0.15, 0.2) is 66.7 Å². The van der Waals surface area contributed by atoms with Crippen molar-refractivity contribution < 1.29 is 14.3 Å². The molecule has 31 heavy (non-hydrogen) atoms. The minimum Gasteiger partial charge on any atom is -0.497 e. The fourth-order valence-corrected chi connectivity index (χ4v) is 4.30. The highest BCUT2D eigenvalue weighted by molar-refractivity contribution is 7.18. The van der Waals surface area contributed by atoms with E-state index in [1.165, 1.54) is 11.3 Å². The molecule has 0 radical (unpaired) electrons. The van der Waals surface area contributed by atoms with E-state index in [0.29, 0.717) is 28.7 Å². The number of carbonyl (C=O) groups excluding carboxylic acids is 2. The molecule has 2 aromatic carbocycles. The van der Waals surface area contributed by atoms with Crippen molar-refractivity contribution in [2.75, 3.05) is 48.8 Å². The number of amides is 3. The van der Waals surface area contributed by atoms with Gasteiger partial charge in [-0.05, 0) is 48.5 Å². The van der Waals surface area contributed by atoms with Crippen molar-refractivity contribution in [2.24, 2.45) is 0 Å². The molecule has 1 aliphatic rings. The molecule has 0 unspecified atom stereocenters. The topological polar surface area (TPSA) is 73.9 Å². The number of ether oxygens (including phenoxy) is 1. The van der Waals surface area contributed by atoms with E-state index in [2.05, 4.69) is 15.5 Å². The van der Waals surface area contributed by atoms with E-state index in [4.69, 9.17) is 4.74 Å². The number of methoxy groups -OCH3 is 1. The third-order valence-corrected chi connectivity index (χ3v) is 6.08. The number of rotatable bonds is 5. The summed E-state index contributed by atoms with van der Waals surface area (Å²) in [4.78, 5) is 29.8. The van der Waals surface area contributed by atoms with E-state index in [-0.39, 0.29) is 11.9 Å². The first-order valence-electron chi connectivity index (χ1n) is 10.0. The van der Waals surface area contributed by atoms with E-state index >= 15 is 0 Å². The van der Waals surface area contributed by atoms with Gasteiger partial charge in [0.2, 0.25) is 0 Å². The van der Waals surface area contributed by atoms with E-state index in [1.54, 1.807) is 19.2 Å². The Kier molecular flexibility index (Phi) is 6.37. The summed E-state index contributed by atoms with van der Waals surface area (Å²) in [5.41, 5.74) is 1.84. The predicted molar refractivity (Wildman–Crippen MR) is 125 cm³/mol. The molecule has 3 amide bonds. The van der Waals surface area contributed by atoms with Crippen molar-refractivity contribution in [2.45, 2.75) is 0 Å². The fraction of sp³-hybridized carbons (Fsp3) is 0.217. The smallest absolute Gasteiger partial charge is 0.324 e. The van der Waals surface area contributed by atoms with Crippen molar-refractivity contribution in [3.8, 4) is 5.75 Å². The number of hydrogen-bond donors (Lipinski definition) is 2. The van der Waals surface area contributed by atoms with Gasteiger partial charge in [0.15, 0.2) is 0 Å². The minimum absolute atomic E-state index is 0.00380. The van der Waals surface area contributed by atoms with Gasteiger partial charge in [0.1, 0.15) is 5.75 Å². The lowest BCUT2D eigenvalue weighted by Crippen LogP contribution is -2.48. The highest BCUT2D eigenvalue weighted by Crippen LogP contribution is 2.25. The van der Waals surface area contributed by atoms with Gasteiger partial charge in [0, 0.05) is 37.6 Å². The number of piperazine rings is 1. The maximum Gasteiger partial charge on any atom is 0.324 e. The molecule has 0 saturated carbocycles. The number of urea groups is 1. The van der Waals surface area contributed by atoms with Crippen molar-refractivity contribution in [3.63, 3.8) is 0 Å². The first kappa shape index (κ1) is 20.7. The van der Waals surface area contributed by atoms with Gasteiger partial charge in [-0.15, -0.1) is 11.3 Å². The maximum absolute atomic E-state index is 12.9. The molecule has 2 N–H and O–H groups in total. The number of para-hydroxylation sites is 1. The van der Waals surface area contributed by atoms with Crippen LogP contribution in [0.3, 0.4) is 0 Å². The zero-order chi connectivity index (χ0) is 21.6. The number of benzene rings is 2. The Balaban J connectivity index is 1.30. The minimum atomic E-state index is -0.333. The zero-order valence-electron chi connectivity index (χ0n) is 17.2. The van der Waals surface area contributed by atoms with Crippen LogP contribution in [0.1, 0.15) is 9.67 Å². The second-order valence-electron chi connectivity index (χ2n) is 7.09. The molecular formula is C23H24N4O3S. The molecule has 3 aromatic rings. The molecule has 2 heterocycles. The Hall–Kier alpha value is -3.52. The van der Waals surface area contributed by atoms with Crippen LogP contribution in [0.25, 0.3) is 0 Å². The third-order valence-electron chi connectivity index (χ3n) is 5.09. The second kappa shape index (κ2) is 9.53. The summed E-state index contributed by atoms with van der Waals surface area (Å²) in [6.45, 7) is 2.85. The van der Waals surface area contributed by atoms with E-state index in [9.17, 15) is 9.59 Å². The summed E-state index contributed by atoms with van der Waals surface area (Å²) in [7, 11) is 1.65. The number of carbonyl (C=O) groups is 2. The molecule has 0 spiro atoms. The van der Waals surface area contributed by atoms with Crippen molar-refractivity contribution in [3.05, 3.63) is 71.6 Å². The fourth-order valence-electron chi connectivity index (χ4n) is 3.43. The first-order valence-corrected chi connectivity index (χ1v) is 10.9. The summed E-state index contributed by atoms with van der Waals surface area (Å²) < 4.78 is 5.21. The number of nitrogens with one attached hydrogen (secondary N) is 2. The molecule has 4 rings (SSSR count). The van der Waals surface area contributed by atoms with Gasteiger partial charge in [-0.1, -0.05) is 18.2 Å². The summed E-state index contributed by atoms with van der Waals surface area (Å²) >= 11 is 1.28. The highest BCUT2D eigenvalue weighted by atomic mass is 32.1. The molecule has 7 nitrogen and oxygen atoms in total.